The van der Waals surface area contributed by atoms with Crippen molar-refractivity contribution in [3.05, 3.63) is 0 Å². The van der Waals surface area contributed by atoms with Gasteiger partial charge in [0.05, 0.1) is 25.8 Å². The lowest BCUT2D eigenvalue weighted by molar-refractivity contribution is -0.135. The summed E-state index contributed by atoms with van der Waals surface area (Å²) in [6.45, 7) is 18.4. The fraction of sp³-hybridized carbons (Fsp3) is 0.909. The van der Waals surface area contributed by atoms with Crippen molar-refractivity contribution < 1.29 is 9.53 Å². The number of carbonyl (C=O) groups excluding carboxylic acids is 1. The first-order chi connectivity index (χ1) is 14.5. The molecule has 3 rings (SSSR count). The Morgan fingerprint density at radius 1 is 1.06 bits per heavy atom. The molecule has 0 saturated carbocycles. The van der Waals surface area contributed by atoms with Crippen molar-refractivity contribution in [1.29, 1.82) is 0 Å². The first-order valence-corrected chi connectivity index (χ1v) is 11.9. The molecule has 31 heavy (non-hydrogen) atoms. The maximum absolute atomic E-state index is 12.7. The number of ether oxygens (including phenoxy) is 1. The van der Waals surface area contributed by atoms with Gasteiger partial charge in [-0.05, 0) is 40.5 Å². The molecule has 0 spiro atoms. The van der Waals surface area contributed by atoms with Crippen LogP contribution in [-0.2, 0) is 9.53 Å². The molecule has 0 radical (unpaired) electrons. The number of rotatable bonds is 6. The molecule has 3 saturated heterocycles. The predicted octanol–water partition coefficient (Wildman–Crippen LogP) is 1.31. The fourth-order valence-electron chi connectivity index (χ4n) is 4.82. The Labute approximate surface area is 205 Å². The van der Waals surface area contributed by atoms with Crippen molar-refractivity contribution in [3.8, 4) is 0 Å². The first-order valence-electron chi connectivity index (χ1n) is 11.9. The topological polar surface area (TPSA) is 63.7 Å². The number of carbonyl (C=O) groups is 1. The maximum Gasteiger partial charge on any atom is 0.239 e. The number of guanidine groups is 1. The van der Waals surface area contributed by atoms with Crippen LogP contribution in [0.2, 0.25) is 0 Å². The van der Waals surface area contributed by atoms with Crippen molar-refractivity contribution >= 4 is 35.8 Å². The van der Waals surface area contributed by atoms with E-state index >= 15 is 0 Å². The minimum atomic E-state index is -0.0207. The van der Waals surface area contributed by atoms with Crippen LogP contribution in [0.25, 0.3) is 0 Å². The number of nitrogens with one attached hydrogen (secondary N) is 1. The van der Waals surface area contributed by atoms with Gasteiger partial charge in [0.1, 0.15) is 0 Å². The van der Waals surface area contributed by atoms with Crippen molar-refractivity contribution in [2.24, 2.45) is 4.99 Å². The fourth-order valence-corrected chi connectivity index (χ4v) is 4.82. The van der Waals surface area contributed by atoms with Crippen LogP contribution in [0.5, 0.6) is 0 Å². The minimum Gasteiger partial charge on any atom is -0.379 e. The zero-order valence-electron chi connectivity index (χ0n) is 19.9. The van der Waals surface area contributed by atoms with Gasteiger partial charge in [-0.2, -0.15) is 0 Å². The summed E-state index contributed by atoms with van der Waals surface area (Å²) in [6.07, 6.45) is 2.30. The van der Waals surface area contributed by atoms with E-state index in [9.17, 15) is 4.79 Å². The zero-order chi connectivity index (χ0) is 21.5. The van der Waals surface area contributed by atoms with Crippen molar-refractivity contribution in [2.75, 3.05) is 72.1 Å². The van der Waals surface area contributed by atoms with Gasteiger partial charge in [-0.25, -0.2) is 0 Å². The van der Waals surface area contributed by atoms with Gasteiger partial charge >= 0.3 is 0 Å². The molecule has 1 amide bonds. The van der Waals surface area contributed by atoms with Crippen molar-refractivity contribution in [3.63, 3.8) is 0 Å². The lowest BCUT2D eigenvalue weighted by atomic mass is 10.2. The second kappa shape index (κ2) is 13.2. The van der Waals surface area contributed by atoms with E-state index in [2.05, 4.69) is 47.7 Å². The monoisotopic (exact) mass is 550 g/mol. The number of nitrogens with zero attached hydrogens (tertiary/aromatic N) is 5. The van der Waals surface area contributed by atoms with Gasteiger partial charge in [0.15, 0.2) is 5.96 Å². The van der Waals surface area contributed by atoms with Crippen LogP contribution in [0.4, 0.5) is 0 Å². The summed E-state index contributed by atoms with van der Waals surface area (Å²) in [7, 11) is 0. The van der Waals surface area contributed by atoms with Gasteiger partial charge in [0.25, 0.3) is 0 Å². The lowest BCUT2D eigenvalue weighted by Crippen LogP contribution is -2.57. The number of halogens is 1. The van der Waals surface area contributed by atoms with Gasteiger partial charge in [0.2, 0.25) is 5.91 Å². The smallest absolute Gasteiger partial charge is 0.239 e. The van der Waals surface area contributed by atoms with Crippen LogP contribution in [0.1, 0.15) is 40.5 Å². The third-order valence-corrected chi connectivity index (χ3v) is 6.76. The van der Waals surface area contributed by atoms with E-state index in [0.717, 1.165) is 90.9 Å². The normalized spacial score (nSPS) is 25.8. The highest BCUT2D eigenvalue weighted by molar-refractivity contribution is 14.0. The minimum absolute atomic E-state index is 0. The number of morpholine rings is 1. The summed E-state index contributed by atoms with van der Waals surface area (Å²) in [4.78, 5) is 26.9. The van der Waals surface area contributed by atoms with E-state index < -0.39 is 0 Å². The molecule has 3 aliphatic heterocycles. The molecule has 0 aliphatic carbocycles. The Morgan fingerprint density at radius 2 is 1.74 bits per heavy atom. The molecule has 8 nitrogen and oxygen atoms in total. The molecule has 0 aromatic heterocycles. The molecule has 3 aliphatic rings. The van der Waals surface area contributed by atoms with Gasteiger partial charge in [-0.3, -0.25) is 19.6 Å². The average Bonchev–Trinajstić information content (AvgIpc) is 3.31. The molecule has 3 unspecified atom stereocenters. The number of hydrogen-bond donors (Lipinski definition) is 1. The van der Waals surface area contributed by atoms with E-state index in [-0.39, 0.29) is 30.0 Å². The first kappa shape index (κ1) is 26.6. The number of hydrogen-bond acceptors (Lipinski definition) is 5. The van der Waals surface area contributed by atoms with Crippen LogP contribution in [0.3, 0.4) is 0 Å². The van der Waals surface area contributed by atoms with Crippen molar-refractivity contribution in [1.82, 2.24) is 24.9 Å². The zero-order valence-corrected chi connectivity index (χ0v) is 22.2. The molecule has 0 aromatic carbocycles. The van der Waals surface area contributed by atoms with E-state index in [4.69, 9.17) is 9.73 Å². The third-order valence-electron chi connectivity index (χ3n) is 6.76. The summed E-state index contributed by atoms with van der Waals surface area (Å²) in [5.74, 6) is 1.30. The highest BCUT2D eigenvalue weighted by Gasteiger charge is 2.30. The van der Waals surface area contributed by atoms with Crippen LogP contribution >= 0.6 is 24.0 Å². The molecule has 3 fully saturated rings. The Balaban J connectivity index is 0.00000341. The van der Waals surface area contributed by atoms with Gasteiger partial charge in [0, 0.05) is 64.4 Å². The lowest BCUT2D eigenvalue weighted by Gasteiger charge is -2.40. The van der Waals surface area contributed by atoms with Crippen LogP contribution in [0, 0.1) is 0 Å². The Bertz CT molecular complexity index is 578. The molecule has 180 valence electrons. The van der Waals surface area contributed by atoms with Gasteiger partial charge in [-0.1, -0.05) is 0 Å². The Hall–Kier alpha value is -0.650. The van der Waals surface area contributed by atoms with Crippen LogP contribution in [0.15, 0.2) is 4.99 Å². The largest absolute Gasteiger partial charge is 0.379 e. The number of piperazine rings is 1. The maximum atomic E-state index is 12.7. The molecule has 3 heterocycles. The SMILES string of the molecule is CCNC(=NCC(C)N1CCOCC1C)N1CCN(C(C)C(=O)N2CCCC2)CC1.I. The van der Waals surface area contributed by atoms with E-state index in [1.165, 1.54) is 0 Å². The predicted molar refractivity (Wildman–Crippen MR) is 136 cm³/mol. The van der Waals surface area contributed by atoms with E-state index in [1.54, 1.807) is 0 Å². The quantitative estimate of drug-likeness (QED) is 0.306. The second-order valence-electron chi connectivity index (χ2n) is 8.94. The average molecular weight is 551 g/mol. The van der Waals surface area contributed by atoms with Crippen LogP contribution in [-0.4, -0.2) is 122 Å². The summed E-state index contributed by atoms with van der Waals surface area (Å²) in [6, 6.07) is 0.828. The molecule has 0 bridgehead atoms. The number of amides is 1. The molecular weight excluding hydrogens is 507 g/mol. The Kier molecular flexibility index (Phi) is 11.3. The summed E-state index contributed by atoms with van der Waals surface area (Å²) in [5, 5.41) is 3.47. The number of aliphatic imine (C=N–C) groups is 1. The van der Waals surface area contributed by atoms with Crippen LogP contribution < -0.4 is 5.32 Å². The molecular formula is C22H43IN6O2. The molecule has 0 aromatic rings. The highest BCUT2D eigenvalue weighted by Crippen LogP contribution is 2.15. The summed E-state index contributed by atoms with van der Waals surface area (Å²) < 4.78 is 5.57. The van der Waals surface area contributed by atoms with Gasteiger partial charge in [-0.15, -0.1) is 24.0 Å². The molecule has 9 heteroatoms. The second-order valence-corrected chi connectivity index (χ2v) is 8.94. The Morgan fingerprint density at radius 3 is 2.35 bits per heavy atom. The van der Waals surface area contributed by atoms with Crippen molar-refractivity contribution in [2.45, 2.75) is 58.7 Å². The standard InChI is InChI=1S/C22H42N6O2.HI/c1-5-23-22(24-16-18(2)28-14-15-30-17-19(28)3)27-12-10-25(11-13-27)20(4)21(29)26-8-6-7-9-26;/h18-20H,5-17H2,1-4H3,(H,23,24);1H. The number of likely N-dealkylation sites (tertiary alicyclic amines) is 1. The highest BCUT2D eigenvalue weighted by atomic mass is 127. The molecule has 3 atom stereocenters. The summed E-state index contributed by atoms with van der Waals surface area (Å²) in [5.41, 5.74) is 0. The van der Waals surface area contributed by atoms with Gasteiger partial charge < -0.3 is 19.9 Å². The summed E-state index contributed by atoms with van der Waals surface area (Å²) >= 11 is 0. The molecule has 1 N–H and O–H groups in total. The van der Waals surface area contributed by atoms with E-state index in [0.29, 0.717) is 18.0 Å². The third kappa shape index (κ3) is 7.17. The van der Waals surface area contributed by atoms with E-state index in [1.807, 2.05) is 4.90 Å².